The summed E-state index contributed by atoms with van der Waals surface area (Å²) >= 11 is 0. The lowest BCUT2D eigenvalue weighted by Gasteiger charge is -2.37. The van der Waals surface area contributed by atoms with Crippen LogP contribution in [0.15, 0.2) is 48.8 Å². The molecule has 0 saturated carbocycles. The van der Waals surface area contributed by atoms with E-state index in [-0.39, 0.29) is 5.92 Å². The molecule has 0 aliphatic carbocycles. The van der Waals surface area contributed by atoms with E-state index in [4.69, 9.17) is 4.74 Å². The minimum absolute atomic E-state index is 0.0239. The number of carbonyl (C=O) groups is 1. The van der Waals surface area contributed by atoms with Crippen LogP contribution in [0.5, 0.6) is 5.75 Å². The highest BCUT2D eigenvalue weighted by molar-refractivity contribution is 5.83. The number of piperidine rings is 1. The van der Waals surface area contributed by atoms with Crippen molar-refractivity contribution in [1.82, 2.24) is 20.1 Å². The number of likely N-dealkylation sites (tertiary alicyclic amines) is 1. The van der Waals surface area contributed by atoms with Gasteiger partial charge in [-0.2, -0.15) is 10.2 Å². The van der Waals surface area contributed by atoms with Gasteiger partial charge >= 0.3 is 5.97 Å². The number of aryl methyl sites for hydroxylation is 1. The Morgan fingerprint density at radius 2 is 2.14 bits per heavy atom. The number of aliphatic carboxylic acids is 1. The Hall–Kier alpha value is -3.13. The molecule has 4 rings (SSSR count). The fourth-order valence-electron chi connectivity index (χ4n) is 5.07. The average Bonchev–Trinajstić information content (AvgIpc) is 2.89. The van der Waals surface area contributed by atoms with E-state index in [2.05, 4.69) is 20.1 Å². The number of carboxylic acids is 1. The molecule has 1 aliphatic rings. The summed E-state index contributed by atoms with van der Waals surface area (Å²) in [5.74, 6) is -0.614. The lowest BCUT2D eigenvalue weighted by molar-refractivity contribution is -0.146. The van der Waals surface area contributed by atoms with Crippen molar-refractivity contribution >= 4 is 16.9 Å². The number of ether oxygens (including phenoxy) is 1. The number of fused-ring (bicyclic) bond motifs is 1. The zero-order chi connectivity index (χ0) is 24.6. The van der Waals surface area contributed by atoms with Crippen molar-refractivity contribution in [2.75, 3.05) is 26.7 Å². The minimum atomic E-state index is -1.18. The molecule has 8 heteroatoms. The third-order valence-corrected chi connectivity index (χ3v) is 7.05. The first-order chi connectivity index (χ1) is 17.0. The van der Waals surface area contributed by atoms with Gasteiger partial charge in [0.1, 0.15) is 11.9 Å². The fraction of sp³-hybridized carbons (Fsp3) is 0.481. The van der Waals surface area contributed by atoms with Gasteiger partial charge in [0.25, 0.3) is 0 Å². The number of nitrogens with zero attached hydrogens (tertiary/aromatic N) is 4. The first-order valence-electron chi connectivity index (χ1n) is 12.3. The molecule has 1 N–H and O–H groups in total. The van der Waals surface area contributed by atoms with E-state index in [0.29, 0.717) is 30.7 Å². The van der Waals surface area contributed by atoms with Gasteiger partial charge < -0.3 is 14.7 Å². The summed E-state index contributed by atoms with van der Waals surface area (Å²) in [6, 6.07) is 11.0. The summed E-state index contributed by atoms with van der Waals surface area (Å²) in [7, 11) is 1.58. The molecule has 1 aliphatic heterocycles. The fourth-order valence-corrected chi connectivity index (χ4v) is 5.07. The lowest BCUT2D eigenvalue weighted by atomic mass is 9.81. The number of alkyl halides is 1. The molecule has 186 valence electrons. The first-order valence-corrected chi connectivity index (χ1v) is 12.3. The molecule has 1 saturated heterocycles. The van der Waals surface area contributed by atoms with Crippen LogP contribution in [0.4, 0.5) is 4.39 Å². The number of rotatable bonds is 11. The van der Waals surface area contributed by atoms with Crippen LogP contribution in [0, 0.1) is 11.8 Å². The maximum atomic E-state index is 15.4. The van der Waals surface area contributed by atoms with Crippen molar-refractivity contribution in [3.05, 3.63) is 60.0 Å². The average molecular weight is 481 g/mol. The number of unbranched alkanes of at least 4 members (excludes halogenated alkanes) is 1. The number of halogens is 1. The second-order valence-electron chi connectivity index (χ2n) is 9.29. The third kappa shape index (κ3) is 6.51. The molecule has 0 bridgehead atoms. The van der Waals surface area contributed by atoms with Gasteiger partial charge in [-0.15, -0.1) is 0 Å². The number of methoxy groups -OCH3 is 1. The standard InChI is InChI=1S/C27H33FN4O3/c1-35-21-8-10-26-23(17-21)22(11-14-29-26)25(28)9-7-19-12-16-32(18-24(19)27(33)34)15-3-2-5-20-6-4-13-30-31-20/h4,6,8,10-11,13-14,17,19,24-25H,2-3,5,7,9,12,15-16,18H2,1H3,(H,33,34)/t19-,24+,25?/m1/s1. The second kappa shape index (κ2) is 12.0. The van der Waals surface area contributed by atoms with Crippen LogP contribution in [0.3, 0.4) is 0 Å². The second-order valence-corrected chi connectivity index (χ2v) is 9.29. The molecule has 0 radical (unpaired) electrons. The minimum Gasteiger partial charge on any atom is -0.497 e. The molecule has 0 amide bonds. The molecule has 1 aromatic carbocycles. The van der Waals surface area contributed by atoms with Gasteiger partial charge in [0, 0.05) is 24.3 Å². The van der Waals surface area contributed by atoms with Crippen molar-refractivity contribution in [3.8, 4) is 5.75 Å². The quantitative estimate of drug-likeness (QED) is 0.392. The van der Waals surface area contributed by atoms with Crippen molar-refractivity contribution in [2.24, 2.45) is 11.8 Å². The highest BCUT2D eigenvalue weighted by atomic mass is 19.1. The summed E-state index contributed by atoms with van der Waals surface area (Å²) in [6.45, 7) is 2.25. The van der Waals surface area contributed by atoms with E-state index in [9.17, 15) is 9.90 Å². The largest absolute Gasteiger partial charge is 0.497 e. The number of hydrogen-bond donors (Lipinski definition) is 1. The van der Waals surface area contributed by atoms with Gasteiger partial charge in [-0.25, -0.2) is 4.39 Å². The van der Waals surface area contributed by atoms with Gasteiger partial charge in [0.2, 0.25) is 0 Å². The number of benzene rings is 1. The first kappa shape index (κ1) is 25.0. The SMILES string of the molecule is COc1ccc2nccc(C(F)CC[C@@H]3CCN(CCCCc4cccnn4)C[C@@H]3C(=O)O)c2c1. The smallest absolute Gasteiger partial charge is 0.308 e. The molecule has 3 heterocycles. The van der Waals surface area contributed by atoms with Gasteiger partial charge in [0.15, 0.2) is 0 Å². The predicted octanol–water partition coefficient (Wildman–Crippen LogP) is 4.87. The summed E-state index contributed by atoms with van der Waals surface area (Å²) < 4.78 is 20.7. The van der Waals surface area contributed by atoms with Gasteiger partial charge in [-0.05, 0) is 99.5 Å². The van der Waals surface area contributed by atoms with Crippen molar-refractivity contribution in [1.29, 1.82) is 0 Å². The highest BCUT2D eigenvalue weighted by Gasteiger charge is 2.34. The van der Waals surface area contributed by atoms with Crippen molar-refractivity contribution in [2.45, 2.75) is 44.7 Å². The van der Waals surface area contributed by atoms with E-state index < -0.39 is 18.1 Å². The van der Waals surface area contributed by atoms with Gasteiger partial charge in [0.05, 0.1) is 24.2 Å². The van der Waals surface area contributed by atoms with E-state index in [0.717, 1.165) is 55.4 Å². The Kier molecular flexibility index (Phi) is 8.58. The Labute approximate surface area is 205 Å². The number of hydrogen-bond acceptors (Lipinski definition) is 6. The monoisotopic (exact) mass is 480 g/mol. The number of carboxylic acid groups (broad SMARTS) is 1. The highest BCUT2D eigenvalue weighted by Crippen LogP contribution is 2.35. The van der Waals surface area contributed by atoms with Crippen molar-refractivity contribution in [3.63, 3.8) is 0 Å². The Balaban J connectivity index is 1.30. The molecule has 35 heavy (non-hydrogen) atoms. The molecule has 3 aromatic rings. The maximum Gasteiger partial charge on any atom is 0.308 e. The van der Waals surface area contributed by atoms with E-state index >= 15 is 4.39 Å². The van der Waals surface area contributed by atoms with E-state index in [1.165, 1.54) is 0 Å². The molecule has 3 atom stereocenters. The summed E-state index contributed by atoms with van der Waals surface area (Å²) in [6.07, 6.45) is 6.58. The molecular weight excluding hydrogens is 447 g/mol. The number of pyridine rings is 1. The van der Waals surface area contributed by atoms with Crippen LogP contribution in [0.1, 0.15) is 49.5 Å². The topological polar surface area (TPSA) is 88.4 Å². The Morgan fingerprint density at radius 3 is 2.91 bits per heavy atom. The molecule has 0 spiro atoms. The van der Waals surface area contributed by atoms with Crippen LogP contribution < -0.4 is 4.74 Å². The van der Waals surface area contributed by atoms with Crippen LogP contribution in [0.25, 0.3) is 10.9 Å². The van der Waals surface area contributed by atoms with Crippen LogP contribution in [-0.4, -0.2) is 57.9 Å². The van der Waals surface area contributed by atoms with Gasteiger partial charge in [-0.1, -0.05) is 0 Å². The van der Waals surface area contributed by atoms with Gasteiger partial charge in [-0.3, -0.25) is 9.78 Å². The zero-order valence-electron chi connectivity index (χ0n) is 20.1. The number of aromatic nitrogens is 3. The van der Waals surface area contributed by atoms with Crippen molar-refractivity contribution < 1.29 is 19.0 Å². The zero-order valence-corrected chi connectivity index (χ0v) is 20.1. The molecule has 1 unspecified atom stereocenters. The maximum absolute atomic E-state index is 15.4. The Bertz CT molecular complexity index is 1110. The van der Waals surface area contributed by atoms with Crippen LogP contribution >= 0.6 is 0 Å². The molecule has 1 fully saturated rings. The molecule has 7 nitrogen and oxygen atoms in total. The summed E-state index contributed by atoms with van der Waals surface area (Å²) in [4.78, 5) is 18.6. The lowest BCUT2D eigenvalue weighted by Crippen LogP contribution is -2.44. The summed E-state index contributed by atoms with van der Waals surface area (Å²) in [5, 5.41) is 18.6. The third-order valence-electron chi connectivity index (χ3n) is 7.05. The van der Waals surface area contributed by atoms with E-state index in [1.807, 2.05) is 30.3 Å². The Morgan fingerprint density at radius 1 is 1.26 bits per heavy atom. The van der Waals surface area contributed by atoms with Crippen LogP contribution in [0.2, 0.25) is 0 Å². The van der Waals surface area contributed by atoms with Crippen LogP contribution in [-0.2, 0) is 11.2 Å². The normalized spacial score (nSPS) is 19.5. The predicted molar refractivity (Wildman–Crippen MR) is 132 cm³/mol. The summed E-state index contributed by atoms with van der Waals surface area (Å²) in [5.41, 5.74) is 2.29. The molecular formula is C27H33FN4O3. The van der Waals surface area contributed by atoms with E-state index in [1.54, 1.807) is 25.6 Å². The molecule has 2 aromatic heterocycles.